The lowest BCUT2D eigenvalue weighted by Crippen LogP contribution is -2.03. The summed E-state index contributed by atoms with van der Waals surface area (Å²) in [7, 11) is 0. The summed E-state index contributed by atoms with van der Waals surface area (Å²) >= 11 is 6.14. The zero-order valence-electron chi connectivity index (χ0n) is 8.32. The molecule has 0 aliphatic carbocycles. The van der Waals surface area contributed by atoms with Crippen molar-refractivity contribution in [2.75, 3.05) is 11.6 Å². The zero-order chi connectivity index (χ0) is 10.8. The van der Waals surface area contributed by atoms with Crippen LogP contribution in [0.15, 0.2) is 0 Å². The van der Waals surface area contributed by atoms with E-state index in [0.717, 1.165) is 31.4 Å². The van der Waals surface area contributed by atoms with Gasteiger partial charge in [-0.3, -0.25) is 4.79 Å². The maximum Gasteiger partial charge on any atom is 0.303 e. The number of carbonyl (C=O) groups is 1. The first-order valence-corrected chi connectivity index (χ1v) is 6.51. The third kappa shape index (κ3) is 10.2. The van der Waals surface area contributed by atoms with Gasteiger partial charge < -0.3 is 10.8 Å². The molecule has 0 saturated carbocycles. The molecule has 14 heavy (non-hydrogen) atoms. The summed E-state index contributed by atoms with van der Waals surface area (Å²) in [4.78, 5) is 10.2. The third-order valence-corrected chi connectivity index (χ3v) is 3.17. The summed E-state index contributed by atoms with van der Waals surface area (Å²) in [5.41, 5.74) is 5.34. The third-order valence-electron chi connectivity index (χ3n) is 1.89. The maximum absolute atomic E-state index is 10.2. The predicted molar refractivity (Wildman–Crippen MR) is 65.0 cm³/mol. The second-order valence-electron chi connectivity index (χ2n) is 3.16. The highest BCUT2D eigenvalue weighted by Gasteiger charge is 2.03. The largest absolute Gasteiger partial charge is 0.481 e. The van der Waals surface area contributed by atoms with E-state index >= 15 is 0 Å². The standard InChI is InChI=1S/C9H19NO2S2/c10-7-14-6-5-8(13)3-1-2-4-9(11)12/h8,13H,1-7,10H2,(H,11,12). The Morgan fingerprint density at radius 3 is 2.71 bits per heavy atom. The number of hydrogen-bond donors (Lipinski definition) is 3. The Morgan fingerprint density at radius 2 is 2.14 bits per heavy atom. The number of hydrogen-bond acceptors (Lipinski definition) is 4. The van der Waals surface area contributed by atoms with E-state index in [1.54, 1.807) is 11.8 Å². The average molecular weight is 237 g/mol. The fourth-order valence-corrected chi connectivity index (χ4v) is 2.21. The van der Waals surface area contributed by atoms with Gasteiger partial charge in [0, 0.05) is 17.5 Å². The zero-order valence-corrected chi connectivity index (χ0v) is 10.0. The van der Waals surface area contributed by atoms with E-state index in [-0.39, 0.29) is 6.42 Å². The van der Waals surface area contributed by atoms with E-state index in [0.29, 0.717) is 11.1 Å². The van der Waals surface area contributed by atoms with Gasteiger partial charge in [-0.1, -0.05) is 6.42 Å². The van der Waals surface area contributed by atoms with Crippen LogP contribution in [0.5, 0.6) is 0 Å². The number of nitrogens with two attached hydrogens (primary N) is 1. The first-order chi connectivity index (χ1) is 6.66. The van der Waals surface area contributed by atoms with E-state index in [2.05, 4.69) is 12.6 Å². The monoisotopic (exact) mass is 237 g/mol. The van der Waals surface area contributed by atoms with Crippen molar-refractivity contribution in [3.05, 3.63) is 0 Å². The van der Waals surface area contributed by atoms with Crippen LogP contribution >= 0.6 is 24.4 Å². The molecule has 0 aromatic heterocycles. The number of carboxylic acid groups (broad SMARTS) is 1. The topological polar surface area (TPSA) is 63.3 Å². The smallest absolute Gasteiger partial charge is 0.303 e. The molecule has 0 rings (SSSR count). The Balaban J connectivity index is 3.18. The van der Waals surface area contributed by atoms with Gasteiger partial charge in [0.2, 0.25) is 0 Å². The van der Waals surface area contributed by atoms with Crippen molar-refractivity contribution in [1.29, 1.82) is 0 Å². The molecule has 0 aliphatic rings. The molecule has 1 atom stereocenters. The molecule has 0 saturated heterocycles. The van der Waals surface area contributed by atoms with E-state index in [4.69, 9.17) is 10.8 Å². The lowest BCUT2D eigenvalue weighted by atomic mass is 10.1. The molecule has 0 aliphatic heterocycles. The number of unbranched alkanes of at least 4 members (excludes halogenated alkanes) is 1. The Hall–Kier alpha value is 0.130. The molecule has 0 heterocycles. The molecule has 0 aromatic carbocycles. The average Bonchev–Trinajstić information content (AvgIpc) is 2.13. The van der Waals surface area contributed by atoms with Crippen molar-refractivity contribution in [3.63, 3.8) is 0 Å². The summed E-state index contributed by atoms with van der Waals surface area (Å²) in [6.07, 6.45) is 4.04. The van der Waals surface area contributed by atoms with Crippen molar-refractivity contribution < 1.29 is 9.90 Å². The van der Waals surface area contributed by atoms with Crippen molar-refractivity contribution in [2.45, 2.75) is 37.4 Å². The van der Waals surface area contributed by atoms with Gasteiger partial charge >= 0.3 is 5.97 Å². The summed E-state index contributed by atoms with van der Waals surface area (Å²) in [6.45, 7) is 0. The molecular formula is C9H19NO2S2. The maximum atomic E-state index is 10.2. The van der Waals surface area contributed by atoms with Crippen LogP contribution in [-0.2, 0) is 4.79 Å². The van der Waals surface area contributed by atoms with E-state index in [9.17, 15) is 4.79 Å². The van der Waals surface area contributed by atoms with Gasteiger partial charge in [-0.2, -0.15) is 12.6 Å². The summed E-state index contributed by atoms with van der Waals surface area (Å²) < 4.78 is 0. The Bertz CT molecular complexity index is 156. The minimum absolute atomic E-state index is 0.276. The van der Waals surface area contributed by atoms with E-state index in [1.807, 2.05) is 0 Å². The van der Waals surface area contributed by atoms with Gasteiger partial charge in [0.1, 0.15) is 0 Å². The van der Waals surface area contributed by atoms with Gasteiger partial charge in [0.15, 0.2) is 0 Å². The minimum atomic E-state index is -0.709. The van der Waals surface area contributed by atoms with E-state index in [1.165, 1.54) is 0 Å². The fourth-order valence-electron chi connectivity index (χ4n) is 1.10. The highest BCUT2D eigenvalue weighted by molar-refractivity contribution is 7.99. The first kappa shape index (κ1) is 14.1. The van der Waals surface area contributed by atoms with Gasteiger partial charge in [0.25, 0.3) is 0 Å². The molecule has 0 bridgehead atoms. The second kappa shape index (κ2) is 9.68. The highest BCUT2D eigenvalue weighted by atomic mass is 32.2. The second-order valence-corrected chi connectivity index (χ2v) is 5.04. The number of thiol groups is 1. The van der Waals surface area contributed by atoms with Crippen LogP contribution in [0.25, 0.3) is 0 Å². The Morgan fingerprint density at radius 1 is 1.43 bits per heavy atom. The van der Waals surface area contributed by atoms with Gasteiger partial charge in [0.05, 0.1) is 0 Å². The SMILES string of the molecule is NCSCCC(S)CCCCC(=O)O. The molecule has 5 heteroatoms. The van der Waals surface area contributed by atoms with Crippen LogP contribution in [0.2, 0.25) is 0 Å². The van der Waals surface area contributed by atoms with Crippen LogP contribution in [0.4, 0.5) is 0 Å². The van der Waals surface area contributed by atoms with Crippen LogP contribution in [0, 0.1) is 0 Å². The quantitative estimate of drug-likeness (QED) is 0.326. The van der Waals surface area contributed by atoms with Crippen molar-refractivity contribution in [2.24, 2.45) is 5.73 Å². The number of carboxylic acids is 1. The molecule has 84 valence electrons. The normalized spacial score (nSPS) is 12.7. The van der Waals surface area contributed by atoms with Crippen LogP contribution in [0.3, 0.4) is 0 Å². The Kier molecular flexibility index (Phi) is 9.77. The van der Waals surface area contributed by atoms with E-state index < -0.39 is 5.97 Å². The van der Waals surface area contributed by atoms with Gasteiger partial charge in [-0.25, -0.2) is 0 Å². The number of aliphatic carboxylic acids is 1. The van der Waals surface area contributed by atoms with Gasteiger partial charge in [-0.15, -0.1) is 11.8 Å². The highest BCUT2D eigenvalue weighted by Crippen LogP contribution is 2.14. The number of rotatable bonds is 9. The molecule has 0 amide bonds. The molecule has 0 spiro atoms. The predicted octanol–water partition coefficient (Wildman–Crippen LogP) is 1.97. The molecule has 3 N–H and O–H groups in total. The molecular weight excluding hydrogens is 218 g/mol. The van der Waals surface area contributed by atoms with Crippen LogP contribution in [0.1, 0.15) is 32.1 Å². The van der Waals surface area contributed by atoms with Crippen molar-refractivity contribution in [1.82, 2.24) is 0 Å². The number of thioether (sulfide) groups is 1. The van der Waals surface area contributed by atoms with Crippen molar-refractivity contribution in [3.8, 4) is 0 Å². The summed E-state index contributed by atoms with van der Waals surface area (Å²) in [6, 6.07) is 0. The lowest BCUT2D eigenvalue weighted by molar-refractivity contribution is -0.137. The molecule has 0 fully saturated rings. The molecule has 1 unspecified atom stereocenters. The first-order valence-electron chi connectivity index (χ1n) is 4.84. The molecule has 0 radical (unpaired) electrons. The fraction of sp³-hybridized carbons (Fsp3) is 0.889. The summed E-state index contributed by atoms with van der Waals surface area (Å²) in [5, 5.41) is 8.81. The lowest BCUT2D eigenvalue weighted by Gasteiger charge is -2.08. The Labute approximate surface area is 95.2 Å². The molecule has 3 nitrogen and oxygen atoms in total. The minimum Gasteiger partial charge on any atom is -0.481 e. The van der Waals surface area contributed by atoms with Crippen LogP contribution in [-0.4, -0.2) is 28.0 Å². The summed E-state index contributed by atoms with van der Waals surface area (Å²) in [5.74, 6) is 1.00. The van der Waals surface area contributed by atoms with Gasteiger partial charge in [-0.05, 0) is 25.0 Å². The molecule has 0 aromatic rings. The van der Waals surface area contributed by atoms with Crippen LogP contribution < -0.4 is 5.73 Å². The van der Waals surface area contributed by atoms with Crippen molar-refractivity contribution >= 4 is 30.4 Å².